The van der Waals surface area contributed by atoms with E-state index in [1.807, 2.05) is 30.3 Å². The number of benzene rings is 1. The lowest BCUT2D eigenvalue weighted by Crippen LogP contribution is -2.32. The van der Waals surface area contributed by atoms with Crippen LogP contribution in [-0.4, -0.2) is 32.8 Å². The van der Waals surface area contributed by atoms with Gasteiger partial charge in [0.05, 0.1) is 24.0 Å². The standard InChI is InChI=1S/C21H24N7P/c1-29(2)14-27-9-7-17(13-27)19-11-25-20(22)21(26-19)28(23)12-15-5-6-18-16(10-15)4-3-8-24-18/h3-11,13H,12,14,23H2,1-2H3,(H2,22,25). The third kappa shape index (κ3) is 4.36. The number of nitrogens with zero attached hydrogens (tertiary/aromatic N) is 5. The van der Waals surface area contributed by atoms with E-state index in [0.717, 1.165) is 34.0 Å². The fourth-order valence-corrected chi connectivity index (χ4v) is 4.07. The van der Waals surface area contributed by atoms with Gasteiger partial charge < -0.3 is 10.3 Å². The highest BCUT2D eigenvalue weighted by molar-refractivity contribution is 7.54. The Hall–Kier alpha value is -3.02. The van der Waals surface area contributed by atoms with Gasteiger partial charge in [-0.2, -0.15) is 0 Å². The molecule has 0 radical (unpaired) electrons. The van der Waals surface area contributed by atoms with Crippen molar-refractivity contribution in [2.45, 2.75) is 12.8 Å². The summed E-state index contributed by atoms with van der Waals surface area (Å²) in [5, 5.41) is 2.61. The van der Waals surface area contributed by atoms with Crippen LogP contribution in [0.25, 0.3) is 22.2 Å². The molecule has 3 heterocycles. The Kier molecular flexibility index (Phi) is 5.43. The molecule has 0 unspecified atom stereocenters. The monoisotopic (exact) mass is 405 g/mol. The number of aromatic nitrogens is 4. The SMILES string of the molecule is CP(C)Cn1ccc(-c2cnc(N)c(N(N)Cc3ccc4ncccc4c3)n2)c1. The van der Waals surface area contributed by atoms with Gasteiger partial charge in [-0.3, -0.25) is 9.99 Å². The average molecular weight is 405 g/mol. The normalized spacial score (nSPS) is 11.3. The van der Waals surface area contributed by atoms with E-state index in [4.69, 9.17) is 11.6 Å². The van der Waals surface area contributed by atoms with Crippen LogP contribution in [0.4, 0.5) is 11.6 Å². The Bertz CT molecular complexity index is 1140. The lowest BCUT2D eigenvalue weighted by atomic mass is 10.1. The summed E-state index contributed by atoms with van der Waals surface area (Å²) in [4.78, 5) is 13.4. The van der Waals surface area contributed by atoms with Crippen LogP contribution in [0, 0.1) is 0 Å². The lowest BCUT2D eigenvalue weighted by Gasteiger charge is -2.19. The first-order valence-corrected chi connectivity index (χ1v) is 11.7. The second-order valence-corrected chi connectivity index (χ2v) is 9.70. The predicted molar refractivity (Wildman–Crippen MR) is 121 cm³/mol. The van der Waals surface area contributed by atoms with Crippen LogP contribution in [0.3, 0.4) is 0 Å². The first-order chi connectivity index (χ1) is 14.0. The van der Waals surface area contributed by atoms with Crippen molar-refractivity contribution in [1.29, 1.82) is 0 Å². The molecule has 3 aromatic heterocycles. The van der Waals surface area contributed by atoms with Crippen molar-refractivity contribution in [1.82, 2.24) is 19.5 Å². The molecule has 4 aromatic rings. The predicted octanol–water partition coefficient (Wildman–Crippen LogP) is 3.65. The van der Waals surface area contributed by atoms with Crippen LogP contribution >= 0.6 is 7.92 Å². The molecule has 4 rings (SSSR count). The molecule has 0 saturated carbocycles. The van der Waals surface area contributed by atoms with Crippen molar-refractivity contribution >= 4 is 30.5 Å². The smallest absolute Gasteiger partial charge is 0.186 e. The Labute approximate surface area is 171 Å². The lowest BCUT2D eigenvalue weighted by molar-refractivity contribution is 0.831. The molecule has 1 aromatic carbocycles. The van der Waals surface area contributed by atoms with Gasteiger partial charge >= 0.3 is 0 Å². The van der Waals surface area contributed by atoms with Crippen LogP contribution in [0.15, 0.2) is 61.2 Å². The van der Waals surface area contributed by atoms with Crippen LogP contribution in [0.1, 0.15) is 5.56 Å². The maximum atomic E-state index is 6.32. The summed E-state index contributed by atoms with van der Waals surface area (Å²) in [6, 6.07) is 12.1. The fraction of sp³-hybridized carbons (Fsp3) is 0.190. The van der Waals surface area contributed by atoms with Gasteiger partial charge in [-0.15, -0.1) is 0 Å². The van der Waals surface area contributed by atoms with Crippen molar-refractivity contribution < 1.29 is 0 Å². The second-order valence-electron chi connectivity index (χ2n) is 7.26. The van der Waals surface area contributed by atoms with E-state index >= 15 is 0 Å². The van der Waals surface area contributed by atoms with Gasteiger partial charge in [-0.1, -0.05) is 20.1 Å². The summed E-state index contributed by atoms with van der Waals surface area (Å²) in [5.74, 6) is 7.10. The number of nitrogens with two attached hydrogens (primary N) is 2. The molecule has 0 aliphatic rings. The van der Waals surface area contributed by atoms with E-state index in [1.165, 1.54) is 5.01 Å². The largest absolute Gasteiger partial charge is 0.381 e. The quantitative estimate of drug-likeness (QED) is 0.289. The minimum Gasteiger partial charge on any atom is -0.381 e. The number of pyridine rings is 1. The molecule has 148 valence electrons. The molecule has 4 N–H and O–H groups in total. The van der Waals surface area contributed by atoms with Gasteiger partial charge in [0.25, 0.3) is 0 Å². The van der Waals surface area contributed by atoms with Gasteiger partial charge in [-0.25, -0.2) is 15.8 Å². The summed E-state index contributed by atoms with van der Waals surface area (Å²) in [5.41, 5.74) is 9.83. The summed E-state index contributed by atoms with van der Waals surface area (Å²) in [7, 11) is -0.0211. The highest BCUT2D eigenvalue weighted by Crippen LogP contribution is 2.29. The van der Waals surface area contributed by atoms with E-state index in [-0.39, 0.29) is 7.92 Å². The number of anilines is 2. The van der Waals surface area contributed by atoms with Gasteiger partial charge in [0.2, 0.25) is 0 Å². The molecule has 29 heavy (non-hydrogen) atoms. The molecule has 0 fully saturated rings. The maximum absolute atomic E-state index is 6.32. The number of nitrogen functional groups attached to an aromatic ring is 1. The van der Waals surface area contributed by atoms with Gasteiger partial charge in [0, 0.05) is 35.8 Å². The molecule has 7 nitrogen and oxygen atoms in total. The third-order valence-electron chi connectivity index (χ3n) is 4.57. The van der Waals surface area contributed by atoms with Crippen LogP contribution in [0.2, 0.25) is 0 Å². The van der Waals surface area contributed by atoms with Crippen molar-refractivity contribution in [3.05, 3.63) is 66.7 Å². The van der Waals surface area contributed by atoms with E-state index in [0.29, 0.717) is 18.2 Å². The van der Waals surface area contributed by atoms with Crippen molar-refractivity contribution in [3.8, 4) is 11.3 Å². The average Bonchev–Trinajstić information content (AvgIpc) is 3.16. The molecular weight excluding hydrogens is 381 g/mol. The Morgan fingerprint density at radius 3 is 2.83 bits per heavy atom. The van der Waals surface area contributed by atoms with Crippen molar-refractivity contribution in [2.75, 3.05) is 24.1 Å². The minimum atomic E-state index is -0.0211. The van der Waals surface area contributed by atoms with Gasteiger partial charge in [0.15, 0.2) is 11.6 Å². The molecule has 0 aliphatic heterocycles. The Balaban J connectivity index is 1.58. The third-order valence-corrected chi connectivity index (χ3v) is 5.46. The zero-order valence-corrected chi connectivity index (χ0v) is 17.4. The topological polar surface area (TPSA) is 98.9 Å². The second kappa shape index (κ2) is 8.15. The molecule has 0 atom stereocenters. The number of hydrazine groups is 1. The fourth-order valence-electron chi connectivity index (χ4n) is 3.24. The Morgan fingerprint density at radius 2 is 2.00 bits per heavy atom. The number of hydrogen-bond donors (Lipinski definition) is 2. The van der Waals surface area contributed by atoms with Crippen LogP contribution in [-0.2, 0) is 12.8 Å². The summed E-state index contributed by atoms with van der Waals surface area (Å²) >= 11 is 0. The molecule has 0 saturated heterocycles. The van der Waals surface area contributed by atoms with E-state index < -0.39 is 0 Å². The van der Waals surface area contributed by atoms with Crippen LogP contribution < -0.4 is 16.6 Å². The summed E-state index contributed by atoms with van der Waals surface area (Å²) in [6.45, 7) is 4.97. The summed E-state index contributed by atoms with van der Waals surface area (Å²) < 4.78 is 2.18. The van der Waals surface area contributed by atoms with Crippen LogP contribution in [0.5, 0.6) is 0 Å². The van der Waals surface area contributed by atoms with Crippen molar-refractivity contribution in [3.63, 3.8) is 0 Å². The Morgan fingerprint density at radius 1 is 1.14 bits per heavy atom. The van der Waals surface area contributed by atoms with Crippen molar-refractivity contribution in [2.24, 2.45) is 5.84 Å². The number of fused-ring (bicyclic) bond motifs is 1. The first-order valence-electron chi connectivity index (χ1n) is 9.29. The highest BCUT2D eigenvalue weighted by atomic mass is 31.1. The zero-order valence-electron chi connectivity index (χ0n) is 16.5. The number of hydrogen-bond acceptors (Lipinski definition) is 6. The van der Waals surface area contributed by atoms with E-state index in [1.54, 1.807) is 12.4 Å². The molecule has 0 bridgehead atoms. The van der Waals surface area contributed by atoms with Gasteiger partial charge in [0.1, 0.15) is 0 Å². The molecule has 8 heteroatoms. The van der Waals surface area contributed by atoms with E-state index in [9.17, 15) is 0 Å². The zero-order chi connectivity index (χ0) is 20.4. The molecule has 0 spiro atoms. The molecular formula is C21H24N7P. The maximum Gasteiger partial charge on any atom is 0.186 e. The molecule has 0 aliphatic carbocycles. The minimum absolute atomic E-state index is 0.0211. The highest BCUT2D eigenvalue weighted by Gasteiger charge is 2.13. The van der Waals surface area contributed by atoms with Gasteiger partial charge in [-0.05, 0) is 43.2 Å². The summed E-state index contributed by atoms with van der Waals surface area (Å²) in [6.07, 6.45) is 8.65. The number of rotatable bonds is 6. The first kappa shape index (κ1) is 19.3. The van der Waals surface area contributed by atoms with E-state index in [2.05, 4.69) is 51.3 Å². The molecule has 0 amide bonds.